The van der Waals surface area contributed by atoms with E-state index < -0.39 is 6.10 Å². The first-order valence-electron chi connectivity index (χ1n) is 6.45. The fourth-order valence-electron chi connectivity index (χ4n) is 2.28. The first-order chi connectivity index (χ1) is 7.84. The van der Waals surface area contributed by atoms with E-state index in [9.17, 15) is 9.90 Å². The van der Waals surface area contributed by atoms with Gasteiger partial charge in [0, 0.05) is 6.54 Å². The Balaban J connectivity index is 2.48. The summed E-state index contributed by atoms with van der Waals surface area (Å²) in [5, 5.41) is 12.5. The highest BCUT2D eigenvalue weighted by Crippen LogP contribution is 2.32. The van der Waals surface area contributed by atoms with Crippen molar-refractivity contribution in [3.63, 3.8) is 0 Å². The predicted molar refractivity (Wildman–Crippen MR) is 66.5 cm³/mol. The molecule has 1 heterocycles. The van der Waals surface area contributed by atoms with E-state index in [0.29, 0.717) is 6.54 Å². The average Bonchev–Trinajstić information content (AvgIpc) is 2.49. The Bertz CT molecular complexity index is 267. The van der Waals surface area contributed by atoms with Crippen molar-refractivity contribution in [1.29, 1.82) is 0 Å². The van der Waals surface area contributed by atoms with Crippen LogP contribution < -0.4 is 5.32 Å². The second-order valence-corrected chi connectivity index (χ2v) is 5.49. The molecular weight excluding hydrogens is 218 g/mol. The van der Waals surface area contributed by atoms with Crippen LogP contribution in [0.3, 0.4) is 0 Å². The third kappa shape index (κ3) is 3.42. The molecule has 0 bridgehead atoms. The molecule has 0 saturated carbocycles. The molecular formula is C13H25NO3. The van der Waals surface area contributed by atoms with Gasteiger partial charge in [0.1, 0.15) is 0 Å². The van der Waals surface area contributed by atoms with Crippen LogP contribution in [0.4, 0.5) is 0 Å². The van der Waals surface area contributed by atoms with Crippen molar-refractivity contribution < 1.29 is 14.6 Å². The molecule has 0 aromatic heterocycles. The minimum atomic E-state index is -0.482. The predicted octanol–water partition coefficient (Wildman–Crippen LogP) is 1.18. The molecule has 4 nitrogen and oxygen atoms in total. The lowest BCUT2D eigenvalue weighted by Gasteiger charge is -2.20. The standard InChI is InChI=1S/C13H25NO3/c1-7(2)11(15)6-14-13(16)12-8(3)9(4)17-10(12)5/h7-12,15H,6H2,1-5H3,(H,14,16). The normalized spacial score (nSPS) is 35.0. The summed E-state index contributed by atoms with van der Waals surface area (Å²) >= 11 is 0. The smallest absolute Gasteiger partial charge is 0.226 e. The zero-order valence-corrected chi connectivity index (χ0v) is 11.4. The van der Waals surface area contributed by atoms with Crippen LogP contribution in [-0.4, -0.2) is 35.9 Å². The number of ether oxygens (including phenoxy) is 1. The summed E-state index contributed by atoms with van der Waals surface area (Å²) in [4.78, 5) is 12.0. The van der Waals surface area contributed by atoms with Crippen molar-refractivity contribution in [3.8, 4) is 0 Å². The van der Waals surface area contributed by atoms with Crippen LogP contribution in [0.2, 0.25) is 0 Å². The van der Waals surface area contributed by atoms with Gasteiger partial charge in [0.05, 0.1) is 24.2 Å². The summed E-state index contributed by atoms with van der Waals surface area (Å²) in [6.45, 7) is 10.2. The molecule has 0 spiro atoms. The molecule has 2 N–H and O–H groups in total. The summed E-state index contributed by atoms with van der Waals surface area (Å²) in [6, 6.07) is 0. The molecule has 0 aliphatic carbocycles. The van der Waals surface area contributed by atoms with Gasteiger partial charge < -0.3 is 15.2 Å². The molecule has 100 valence electrons. The van der Waals surface area contributed by atoms with E-state index in [1.54, 1.807) is 0 Å². The third-order valence-electron chi connectivity index (χ3n) is 3.80. The molecule has 17 heavy (non-hydrogen) atoms. The van der Waals surface area contributed by atoms with Gasteiger partial charge >= 0.3 is 0 Å². The fraction of sp³-hybridized carbons (Fsp3) is 0.923. The summed E-state index contributed by atoms with van der Waals surface area (Å²) in [6.07, 6.45) is -0.406. The zero-order chi connectivity index (χ0) is 13.2. The van der Waals surface area contributed by atoms with Gasteiger partial charge in [-0.1, -0.05) is 20.8 Å². The SMILES string of the molecule is CC(C)C(O)CNC(=O)C1C(C)OC(C)C1C. The van der Waals surface area contributed by atoms with E-state index in [4.69, 9.17) is 4.74 Å². The highest BCUT2D eigenvalue weighted by molar-refractivity contribution is 5.79. The van der Waals surface area contributed by atoms with E-state index in [1.165, 1.54) is 0 Å². The molecule has 0 aromatic carbocycles. The van der Waals surface area contributed by atoms with Gasteiger partial charge in [0.15, 0.2) is 0 Å². The quantitative estimate of drug-likeness (QED) is 0.779. The van der Waals surface area contributed by atoms with Crippen LogP contribution >= 0.6 is 0 Å². The first kappa shape index (κ1) is 14.5. The molecule has 1 fully saturated rings. The summed E-state index contributed by atoms with van der Waals surface area (Å²) in [5.41, 5.74) is 0. The van der Waals surface area contributed by atoms with Crippen molar-refractivity contribution in [2.45, 2.75) is 52.9 Å². The number of nitrogens with one attached hydrogen (secondary N) is 1. The maximum atomic E-state index is 12.0. The molecule has 4 heteroatoms. The molecule has 1 rings (SSSR count). The Hall–Kier alpha value is -0.610. The number of hydrogen-bond acceptors (Lipinski definition) is 3. The number of hydrogen-bond donors (Lipinski definition) is 2. The topological polar surface area (TPSA) is 58.6 Å². The van der Waals surface area contributed by atoms with Crippen LogP contribution in [0.15, 0.2) is 0 Å². The molecule has 5 atom stereocenters. The number of aliphatic hydroxyl groups excluding tert-OH is 1. The Morgan fingerprint density at radius 3 is 2.29 bits per heavy atom. The van der Waals surface area contributed by atoms with Gasteiger partial charge in [-0.05, 0) is 25.7 Å². The van der Waals surface area contributed by atoms with Gasteiger partial charge in [-0.25, -0.2) is 0 Å². The van der Waals surface area contributed by atoms with E-state index >= 15 is 0 Å². The van der Waals surface area contributed by atoms with Crippen LogP contribution in [0.1, 0.15) is 34.6 Å². The second-order valence-electron chi connectivity index (χ2n) is 5.49. The summed E-state index contributed by atoms with van der Waals surface area (Å²) < 4.78 is 5.64. The van der Waals surface area contributed by atoms with E-state index in [-0.39, 0.29) is 35.9 Å². The molecule has 1 aliphatic rings. The Kier molecular flexibility index (Phi) is 4.95. The molecule has 5 unspecified atom stereocenters. The Morgan fingerprint density at radius 1 is 1.29 bits per heavy atom. The van der Waals surface area contributed by atoms with E-state index in [1.807, 2.05) is 34.6 Å². The Morgan fingerprint density at radius 2 is 1.88 bits per heavy atom. The zero-order valence-electron chi connectivity index (χ0n) is 11.4. The maximum absolute atomic E-state index is 12.0. The molecule has 0 aromatic rings. The van der Waals surface area contributed by atoms with Gasteiger partial charge in [0.25, 0.3) is 0 Å². The van der Waals surface area contributed by atoms with Crippen molar-refractivity contribution in [3.05, 3.63) is 0 Å². The third-order valence-corrected chi connectivity index (χ3v) is 3.80. The van der Waals surface area contributed by atoms with Crippen LogP contribution in [-0.2, 0) is 9.53 Å². The van der Waals surface area contributed by atoms with Gasteiger partial charge in [-0.3, -0.25) is 4.79 Å². The minimum absolute atomic E-state index is 0.00551. The Labute approximate surface area is 104 Å². The van der Waals surface area contributed by atoms with Crippen LogP contribution in [0, 0.1) is 17.8 Å². The molecule has 1 aliphatic heterocycles. The first-order valence-corrected chi connectivity index (χ1v) is 6.45. The monoisotopic (exact) mass is 243 g/mol. The lowest BCUT2D eigenvalue weighted by Crippen LogP contribution is -2.41. The molecule has 1 saturated heterocycles. The summed E-state index contributed by atoms with van der Waals surface area (Å²) in [5.74, 6) is 0.267. The van der Waals surface area contributed by atoms with Gasteiger partial charge in [0.2, 0.25) is 5.91 Å². The molecule has 1 amide bonds. The van der Waals surface area contributed by atoms with Gasteiger partial charge in [-0.15, -0.1) is 0 Å². The van der Waals surface area contributed by atoms with Gasteiger partial charge in [-0.2, -0.15) is 0 Å². The van der Waals surface area contributed by atoms with Crippen LogP contribution in [0.5, 0.6) is 0 Å². The van der Waals surface area contributed by atoms with Crippen molar-refractivity contribution in [1.82, 2.24) is 5.32 Å². The van der Waals surface area contributed by atoms with Crippen molar-refractivity contribution in [2.24, 2.45) is 17.8 Å². The lowest BCUT2D eigenvalue weighted by atomic mass is 9.89. The number of aliphatic hydroxyl groups is 1. The van der Waals surface area contributed by atoms with E-state index in [2.05, 4.69) is 5.32 Å². The minimum Gasteiger partial charge on any atom is -0.391 e. The van der Waals surface area contributed by atoms with Crippen LogP contribution in [0.25, 0.3) is 0 Å². The number of carbonyl (C=O) groups excluding carboxylic acids is 1. The van der Waals surface area contributed by atoms with E-state index in [0.717, 1.165) is 0 Å². The fourth-order valence-corrected chi connectivity index (χ4v) is 2.28. The largest absolute Gasteiger partial charge is 0.391 e. The second kappa shape index (κ2) is 5.83. The highest BCUT2D eigenvalue weighted by atomic mass is 16.5. The number of amides is 1. The number of carbonyl (C=O) groups is 1. The summed E-state index contributed by atoms with van der Waals surface area (Å²) in [7, 11) is 0. The van der Waals surface area contributed by atoms with Crippen molar-refractivity contribution in [2.75, 3.05) is 6.54 Å². The average molecular weight is 243 g/mol. The lowest BCUT2D eigenvalue weighted by molar-refractivity contribution is -0.127. The number of rotatable bonds is 4. The molecule has 0 radical (unpaired) electrons. The maximum Gasteiger partial charge on any atom is 0.226 e. The highest BCUT2D eigenvalue weighted by Gasteiger charge is 2.41. The van der Waals surface area contributed by atoms with Crippen molar-refractivity contribution >= 4 is 5.91 Å².